The number of thiazole rings is 1. The van der Waals surface area contributed by atoms with Gasteiger partial charge < -0.3 is 5.11 Å². The van der Waals surface area contributed by atoms with E-state index in [1.807, 2.05) is 49.4 Å². The molecule has 1 atom stereocenters. The first kappa shape index (κ1) is 17.2. The van der Waals surface area contributed by atoms with Crippen molar-refractivity contribution in [3.8, 4) is 11.1 Å². The normalized spacial score (nSPS) is 13.5. The highest BCUT2D eigenvalue weighted by Crippen LogP contribution is 2.39. The van der Waals surface area contributed by atoms with Crippen LogP contribution in [0.4, 0.5) is 0 Å². The highest BCUT2D eigenvalue weighted by atomic mass is 79.9. The van der Waals surface area contributed by atoms with E-state index in [2.05, 4.69) is 33.5 Å². The van der Waals surface area contributed by atoms with Gasteiger partial charge >= 0.3 is 5.97 Å². The molecule has 0 amide bonds. The van der Waals surface area contributed by atoms with Gasteiger partial charge in [0, 0.05) is 16.0 Å². The molecule has 1 heterocycles. The Kier molecular flexibility index (Phi) is 4.80. The van der Waals surface area contributed by atoms with Gasteiger partial charge in [0.25, 0.3) is 0 Å². The van der Waals surface area contributed by atoms with Crippen molar-refractivity contribution in [3.63, 3.8) is 0 Å². The van der Waals surface area contributed by atoms with E-state index in [1.54, 1.807) is 11.6 Å². The standard InChI is InChI=1S/C18H14BrNO2S2/c1-11-10-13(18(23,17(21)22)16-20-8-9-24-16)4-7-15(11)12-2-5-14(19)6-3-12/h2-10,23H,1H3,(H,21,22). The molecule has 0 bridgehead atoms. The summed E-state index contributed by atoms with van der Waals surface area (Å²) >= 11 is 9.20. The van der Waals surface area contributed by atoms with Crippen molar-refractivity contribution in [2.24, 2.45) is 0 Å². The van der Waals surface area contributed by atoms with Gasteiger partial charge in [0.1, 0.15) is 5.01 Å². The van der Waals surface area contributed by atoms with Crippen molar-refractivity contribution in [2.75, 3.05) is 0 Å². The van der Waals surface area contributed by atoms with Crippen LogP contribution in [0.1, 0.15) is 16.1 Å². The minimum atomic E-state index is -1.45. The predicted octanol–water partition coefficient (Wildman–Crippen LogP) is 5.14. The van der Waals surface area contributed by atoms with Crippen LogP contribution in [0.15, 0.2) is 58.5 Å². The highest BCUT2D eigenvalue weighted by molar-refractivity contribution is 9.10. The number of aromatic nitrogens is 1. The topological polar surface area (TPSA) is 50.2 Å². The molecule has 3 rings (SSSR count). The van der Waals surface area contributed by atoms with Gasteiger partial charge in [-0.25, -0.2) is 9.78 Å². The van der Waals surface area contributed by atoms with Gasteiger partial charge in [0.05, 0.1) is 0 Å². The maximum atomic E-state index is 11.9. The molecule has 0 saturated carbocycles. The van der Waals surface area contributed by atoms with Gasteiger partial charge in [-0.1, -0.05) is 46.3 Å². The van der Waals surface area contributed by atoms with E-state index in [4.69, 9.17) is 0 Å². The van der Waals surface area contributed by atoms with Crippen LogP contribution in [-0.2, 0) is 9.54 Å². The molecule has 0 fully saturated rings. The van der Waals surface area contributed by atoms with E-state index < -0.39 is 10.7 Å². The SMILES string of the molecule is Cc1cc(C(S)(C(=O)O)c2nccs2)ccc1-c1ccc(Br)cc1. The van der Waals surface area contributed by atoms with Gasteiger partial charge in [0.15, 0.2) is 4.75 Å². The monoisotopic (exact) mass is 419 g/mol. The average Bonchev–Trinajstić information content (AvgIpc) is 3.09. The number of carbonyl (C=O) groups is 1. The molecule has 0 spiro atoms. The van der Waals surface area contributed by atoms with Crippen molar-refractivity contribution >= 4 is 45.9 Å². The first-order chi connectivity index (χ1) is 11.4. The van der Waals surface area contributed by atoms with E-state index in [9.17, 15) is 9.90 Å². The third kappa shape index (κ3) is 3.01. The molecule has 0 radical (unpaired) electrons. The molecule has 0 aliphatic heterocycles. The molecule has 3 aromatic rings. The van der Waals surface area contributed by atoms with E-state index in [0.717, 1.165) is 21.2 Å². The third-order valence-corrected chi connectivity index (χ3v) is 6.08. The summed E-state index contributed by atoms with van der Waals surface area (Å²) in [7, 11) is 0. The molecule has 1 unspecified atom stereocenters. The lowest BCUT2D eigenvalue weighted by molar-refractivity contribution is -0.138. The Balaban J connectivity index is 2.08. The summed E-state index contributed by atoms with van der Waals surface area (Å²) in [5.74, 6) is -1.03. The second kappa shape index (κ2) is 6.70. The Labute approximate surface area is 157 Å². The summed E-state index contributed by atoms with van der Waals surface area (Å²) in [5.41, 5.74) is 3.74. The predicted molar refractivity (Wildman–Crippen MR) is 104 cm³/mol. The molecule has 2 aromatic carbocycles. The fourth-order valence-electron chi connectivity index (χ4n) is 2.58. The van der Waals surface area contributed by atoms with Crippen molar-refractivity contribution in [3.05, 3.63) is 74.6 Å². The second-order valence-corrected chi connectivity index (χ2v) is 7.87. The first-order valence-electron chi connectivity index (χ1n) is 7.15. The highest BCUT2D eigenvalue weighted by Gasteiger charge is 2.41. The number of nitrogens with zero attached hydrogens (tertiary/aromatic N) is 1. The number of rotatable bonds is 4. The molecule has 122 valence electrons. The van der Waals surface area contributed by atoms with Crippen LogP contribution in [0.2, 0.25) is 0 Å². The van der Waals surface area contributed by atoms with Crippen LogP contribution in [-0.4, -0.2) is 16.1 Å². The fourth-order valence-corrected chi connectivity index (χ4v) is 3.95. The number of thiol groups is 1. The zero-order valence-electron chi connectivity index (χ0n) is 12.7. The van der Waals surface area contributed by atoms with Crippen LogP contribution in [0, 0.1) is 6.92 Å². The fraction of sp³-hybridized carbons (Fsp3) is 0.111. The van der Waals surface area contributed by atoms with Crippen LogP contribution in [0.25, 0.3) is 11.1 Å². The van der Waals surface area contributed by atoms with E-state index in [1.165, 1.54) is 11.3 Å². The molecule has 0 saturated heterocycles. The minimum absolute atomic E-state index is 0.453. The van der Waals surface area contributed by atoms with E-state index in [-0.39, 0.29) is 0 Å². The van der Waals surface area contributed by atoms with Crippen molar-refractivity contribution in [2.45, 2.75) is 11.7 Å². The van der Waals surface area contributed by atoms with Crippen LogP contribution < -0.4 is 0 Å². The molecule has 6 heteroatoms. The van der Waals surface area contributed by atoms with Crippen LogP contribution in [0.3, 0.4) is 0 Å². The van der Waals surface area contributed by atoms with Crippen molar-refractivity contribution in [1.82, 2.24) is 4.98 Å². The summed E-state index contributed by atoms with van der Waals surface area (Å²) in [6.45, 7) is 1.97. The van der Waals surface area contributed by atoms with Gasteiger partial charge in [-0.15, -0.1) is 24.0 Å². The Bertz CT molecular complexity index is 879. The lowest BCUT2D eigenvalue weighted by Gasteiger charge is -2.23. The number of benzene rings is 2. The number of carboxylic acids is 1. The zero-order valence-corrected chi connectivity index (χ0v) is 16.0. The lowest BCUT2D eigenvalue weighted by atomic mass is 9.92. The molecule has 1 aromatic heterocycles. The van der Waals surface area contributed by atoms with E-state index >= 15 is 0 Å². The third-order valence-electron chi connectivity index (χ3n) is 3.85. The quantitative estimate of drug-likeness (QED) is 0.575. The maximum Gasteiger partial charge on any atom is 0.331 e. The molecule has 24 heavy (non-hydrogen) atoms. The Morgan fingerprint density at radius 1 is 1.25 bits per heavy atom. The average molecular weight is 420 g/mol. The van der Waals surface area contributed by atoms with Gasteiger partial charge in [0.2, 0.25) is 0 Å². The summed E-state index contributed by atoms with van der Waals surface area (Å²) in [5, 5.41) is 12.0. The van der Waals surface area contributed by atoms with Gasteiger partial charge in [-0.2, -0.15) is 0 Å². The Hall–Kier alpha value is -1.63. The summed E-state index contributed by atoms with van der Waals surface area (Å²) in [6, 6.07) is 13.6. The maximum absolute atomic E-state index is 11.9. The number of halogens is 1. The van der Waals surface area contributed by atoms with Crippen LogP contribution >= 0.6 is 39.9 Å². The lowest BCUT2D eigenvalue weighted by Crippen LogP contribution is -2.31. The molecular formula is C18H14BrNO2S2. The summed E-state index contributed by atoms with van der Waals surface area (Å²) in [4.78, 5) is 16.1. The number of hydrogen-bond acceptors (Lipinski definition) is 4. The zero-order chi connectivity index (χ0) is 17.3. The van der Waals surface area contributed by atoms with Crippen molar-refractivity contribution < 1.29 is 9.90 Å². The van der Waals surface area contributed by atoms with E-state index in [0.29, 0.717) is 10.6 Å². The number of hydrogen-bond donors (Lipinski definition) is 2. The molecule has 0 aliphatic rings. The number of aliphatic carboxylic acids is 1. The van der Waals surface area contributed by atoms with Crippen molar-refractivity contribution in [1.29, 1.82) is 0 Å². The molecular weight excluding hydrogens is 406 g/mol. The van der Waals surface area contributed by atoms with Gasteiger partial charge in [-0.3, -0.25) is 0 Å². The van der Waals surface area contributed by atoms with Gasteiger partial charge in [-0.05, 0) is 41.3 Å². The second-order valence-electron chi connectivity index (χ2n) is 5.39. The smallest absolute Gasteiger partial charge is 0.331 e. The summed E-state index contributed by atoms with van der Waals surface area (Å²) < 4.78 is -0.429. The minimum Gasteiger partial charge on any atom is -0.480 e. The first-order valence-corrected chi connectivity index (χ1v) is 9.27. The number of aryl methyl sites for hydroxylation is 1. The Morgan fingerprint density at radius 2 is 1.96 bits per heavy atom. The molecule has 3 nitrogen and oxygen atoms in total. The molecule has 0 aliphatic carbocycles. The largest absolute Gasteiger partial charge is 0.480 e. The van der Waals surface area contributed by atoms with Crippen LogP contribution in [0.5, 0.6) is 0 Å². The summed E-state index contributed by atoms with van der Waals surface area (Å²) in [6.07, 6.45) is 1.59. The Morgan fingerprint density at radius 3 is 2.50 bits per heavy atom. The number of carboxylic acid groups (broad SMARTS) is 1. The molecule has 1 N–H and O–H groups in total.